The zero-order chi connectivity index (χ0) is 15.5. The van der Waals surface area contributed by atoms with Gasteiger partial charge in [0.2, 0.25) is 0 Å². The molecule has 0 aromatic heterocycles. The van der Waals surface area contributed by atoms with E-state index in [-0.39, 0.29) is 11.2 Å². The smallest absolute Gasteiger partial charge is 0.150 e. The number of aliphatic hydroxyl groups excluding tert-OH is 1. The van der Waals surface area contributed by atoms with Gasteiger partial charge in [0.1, 0.15) is 15.6 Å². The van der Waals surface area contributed by atoms with Crippen LogP contribution in [0.25, 0.3) is 0 Å². The molecular weight excluding hydrogens is 288 g/mol. The van der Waals surface area contributed by atoms with Crippen LogP contribution in [0.3, 0.4) is 0 Å². The van der Waals surface area contributed by atoms with E-state index in [0.29, 0.717) is 12.8 Å². The second kappa shape index (κ2) is 6.79. The summed E-state index contributed by atoms with van der Waals surface area (Å²) in [4.78, 5) is 0. The lowest BCUT2D eigenvalue weighted by molar-refractivity contribution is 0.0859. The number of methoxy groups -OCH3 is 1. The number of benzene rings is 1. The van der Waals surface area contributed by atoms with Crippen molar-refractivity contribution in [3.63, 3.8) is 0 Å². The molecule has 3 atom stereocenters. The average Bonchev–Trinajstić information content (AvgIpc) is 2.46. The van der Waals surface area contributed by atoms with Crippen LogP contribution in [0.5, 0.6) is 5.75 Å². The SMILES string of the molecule is COc1cccc(CC(O)C2CCCC(S(C)(=O)=O)C2)c1. The fourth-order valence-corrected chi connectivity index (χ4v) is 4.32. The predicted molar refractivity (Wildman–Crippen MR) is 83.3 cm³/mol. The monoisotopic (exact) mass is 312 g/mol. The molecule has 0 aliphatic heterocycles. The van der Waals surface area contributed by atoms with Gasteiger partial charge in [0, 0.05) is 6.26 Å². The van der Waals surface area contributed by atoms with E-state index in [1.807, 2.05) is 24.3 Å². The van der Waals surface area contributed by atoms with Crippen molar-refractivity contribution in [3.05, 3.63) is 29.8 Å². The van der Waals surface area contributed by atoms with Crippen molar-refractivity contribution < 1.29 is 18.3 Å². The van der Waals surface area contributed by atoms with Crippen molar-refractivity contribution in [2.24, 2.45) is 5.92 Å². The van der Waals surface area contributed by atoms with Crippen LogP contribution in [0, 0.1) is 5.92 Å². The van der Waals surface area contributed by atoms with Crippen molar-refractivity contribution >= 4 is 9.84 Å². The van der Waals surface area contributed by atoms with Gasteiger partial charge in [-0.15, -0.1) is 0 Å². The van der Waals surface area contributed by atoms with Gasteiger partial charge in [-0.2, -0.15) is 0 Å². The molecule has 1 aliphatic rings. The number of rotatable bonds is 5. The molecule has 1 aromatic rings. The van der Waals surface area contributed by atoms with Gasteiger partial charge < -0.3 is 9.84 Å². The number of sulfone groups is 1. The molecule has 0 saturated heterocycles. The number of hydrogen-bond donors (Lipinski definition) is 1. The molecule has 2 rings (SSSR count). The molecule has 4 nitrogen and oxygen atoms in total. The van der Waals surface area contributed by atoms with Gasteiger partial charge in [0.25, 0.3) is 0 Å². The highest BCUT2D eigenvalue weighted by molar-refractivity contribution is 7.91. The summed E-state index contributed by atoms with van der Waals surface area (Å²) in [6.45, 7) is 0. The van der Waals surface area contributed by atoms with Crippen LogP contribution < -0.4 is 4.74 Å². The summed E-state index contributed by atoms with van der Waals surface area (Å²) in [6, 6.07) is 7.65. The highest BCUT2D eigenvalue weighted by Crippen LogP contribution is 2.32. The molecule has 5 heteroatoms. The summed E-state index contributed by atoms with van der Waals surface area (Å²) < 4.78 is 28.6. The molecule has 1 saturated carbocycles. The van der Waals surface area contributed by atoms with Gasteiger partial charge in [-0.05, 0) is 49.3 Å². The Morgan fingerprint density at radius 3 is 2.81 bits per heavy atom. The van der Waals surface area contributed by atoms with Crippen LogP contribution >= 0.6 is 0 Å². The third-order valence-corrected chi connectivity index (χ3v) is 6.03. The van der Waals surface area contributed by atoms with Crippen LogP contribution in [-0.4, -0.2) is 38.2 Å². The maximum Gasteiger partial charge on any atom is 0.150 e. The minimum Gasteiger partial charge on any atom is -0.497 e. The molecule has 1 fully saturated rings. The third kappa shape index (κ3) is 4.45. The quantitative estimate of drug-likeness (QED) is 0.905. The van der Waals surface area contributed by atoms with Crippen LogP contribution in [0.15, 0.2) is 24.3 Å². The third-order valence-electron chi connectivity index (χ3n) is 4.40. The van der Waals surface area contributed by atoms with Crippen molar-refractivity contribution in [3.8, 4) is 5.75 Å². The zero-order valence-corrected chi connectivity index (χ0v) is 13.5. The van der Waals surface area contributed by atoms with Crippen molar-refractivity contribution in [2.45, 2.75) is 43.5 Å². The van der Waals surface area contributed by atoms with Crippen LogP contribution in [0.1, 0.15) is 31.2 Å². The fourth-order valence-electron chi connectivity index (χ4n) is 3.13. The maximum atomic E-state index is 11.7. The Morgan fingerprint density at radius 2 is 2.14 bits per heavy atom. The van der Waals surface area contributed by atoms with Gasteiger partial charge >= 0.3 is 0 Å². The summed E-state index contributed by atoms with van der Waals surface area (Å²) in [5, 5.41) is 10.1. The van der Waals surface area contributed by atoms with Crippen LogP contribution in [0.2, 0.25) is 0 Å². The van der Waals surface area contributed by atoms with Crippen LogP contribution in [0.4, 0.5) is 0 Å². The van der Waals surface area contributed by atoms with Crippen molar-refractivity contribution in [1.82, 2.24) is 0 Å². The lowest BCUT2D eigenvalue weighted by atomic mass is 9.83. The van der Waals surface area contributed by atoms with E-state index < -0.39 is 15.9 Å². The van der Waals surface area contributed by atoms with Crippen molar-refractivity contribution in [2.75, 3.05) is 13.4 Å². The zero-order valence-electron chi connectivity index (χ0n) is 12.7. The highest BCUT2D eigenvalue weighted by atomic mass is 32.2. The van der Waals surface area contributed by atoms with Gasteiger partial charge in [0.15, 0.2) is 0 Å². The number of ether oxygens (including phenoxy) is 1. The second-order valence-electron chi connectivity index (χ2n) is 6.00. The summed E-state index contributed by atoms with van der Waals surface area (Å²) in [6.07, 6.45) is 4.41. The normalized spacial score (nSPS) is 24.5. The summed E-state index contributed by atoms with van der Waals surface area (Å²) >= 11 is 0. The molecule has 3 unspecified atom stereocenters. The van der Waals surface area contributed by atoms with E-state index in [4.69, 9.17) is 4.74 Å². The van der Waals surface area contributed by atoms with E-state index in [1.54, 1.807) is 7.11 Å². The molecule has 0 radical (unpaired) electrons. The minimum absolute atomic E-state index is 0.0599. The summed E-state index contributed by atoms with van der Waals surface area (Å²) in [5.74, 6) is 0.835. The Labute approximate surface area is 127 Å². The Kier molecular flexibility index (Phi) is 5.27. The molecule has 1 N–H and O–H groups in total. The largest absolute Gasteiger partial charge is 0.497 e. The Morgan fingerprint density at radius 1 is 1.38 bits per heavy atom. The van der Waals surface area contributed by atoms with Gasteiger partial charge in [-0.3, -0.25) is 0 Å². The Balaban J connectivity index is 2.00. The molecule has 1 aliphatic carbocycles. The average molecular weight is 312 g/mol. The molecule has 118 valence electrons. The number of aliphatic hydroxyl groups is 1. The molecule has 0 bridgehead atoms. The predicted octanol–water partition coefficient (Wildman–Crippen LogP) is 2.20. The first-order valence-electron chi connectivity index (χ1n) is 7.40. The first-order valence-corrected chi connectivity index (χ1v) is 9.35. The van der Waals surface area contributed by atoms with Crippen LogP contribution in [-0.2, 0) is 16.3 Å². The summed E-state index contributed by atoms with van der Waals surface area (Å²) in [7, 11) is -1.39. The number of hydrogen-bond acceptors (Lipinski definition) is 4. The van der Waals surface area contributed by atoms with E-state index in [9.17, 15) is 13.5 Å². The maximum absolute atomic E-state index is 11.7. The fraction of sp³-hybridized carbons (Fsp3) is 0.625. The van der Waals surface area contributed by atoms with Gasteiger partial charge in [0.05, 0.1) is 18.5 Å². The van der Waals surface area contributed by atoms with E-state index in [0.717, 1.165) is 30.6 Å². The Hall–Kier alpha value is -1.07. The van der Waals surface area contributed by atoms with E-state index >= 15 is 0 Å². The molecular formula is C16H24O4S. The first kappa shape index (κ1) is 16.3. The highest BCUT2D eigenvalue weighted by Gasteiger charge is 2.32. The lowest BCUT2D eigenvalue weighted by Gasteiger charge is -2.31. The molecule has 0 heterocycles. The standard InChI is InChI=1S/C16H24O4S/c1-20-14-7-3-5-12(9-14)10-16(17)13-6-4-8-15(11-13)21(2,18)19/h3,5,7,9,13,15-17H,4,6,8,10-11H2,1-2H3. The van der Waals surface area contributed by atoms with E-state index in [2.05, 4.69) is 0 Å². The topological polar surface area (TPSA) is 63.6 Å². The van der Waals surface area contributed by atoms with E-state index in [1.165, 1.54) is 6.26 Å². The van der Waals surface area contributed by atoms with Gasteiger partial charge in [-0.25, -0.2) is 8.42 Å². The molecule has 0 amide bonds. The van der Waals surface area contributed by atoms with Crippen molar-refractivity contribution in [1.29, 1.82) is 0 Å². The molecule has 21 heavy (non-hydrogen) atoms. The minimum atomic E-state index is -3.01. The van der Waals surface area contributed by atoms with Gasteiger partial charge in [-0.1, -0.05) is 18.6 Å². The molecule has 1 aromatic carbocycles. The molecule has 0 spiro atoms. The first-order chi connectivity index (χ1) is 9.90. The Bertz CT molecular complexity index is 567. The second-order valence-corrected chi connectivity index (χ2v) is 8.33. The summed E-state index contributed by atoms with van der Waals surface area (Å²) in [5.41, 5.74) is 1.02. The lowest BCUT2D eigenvalue weighted by Crippen LogP contribution is -2.34.